The molecule has 0 radical (unpaired) electrons. The highest BCUT2D eigenvalue weighted by Gasteiger charge is 2.60. The number of benzene rings is 1. The minimum Gasteiger partial charge on any atom is -0.508 e. The Morgan fingerprint density at radius 2 is 1.84 bits per heavy atom. The van der Waals surface area contributed by atoms with Crippen LogP contribution >= 0.6 is 0 Å². The van der Waals surface area contributed by atoms with Crippen LogP contribution < -0.4 is 0 Å². The van der Waals surface area contributed by atoms with Crippen molar-refractivity contribution < 1.29 is 10.2 Å². The van der Waals surface area contributed by atoms with Crippen LogP contribution in [0.2, 0.25) is 0 Å². The molecule has 0 aliphatic heterocycles. The fraction of sp³-hybridized carbons (Fsp3) is 0.647. The zero-order valence-electron chi connectivity index (χ0n) is 11.4. The first-order valence-corrected chi connectivity index (χ1v) is 7.70. The van der Waals surface area contributed by atoms with E-state index in [9.17, 15) is 10.2 Å². The Bertz CT molecular complexity index is 520. The summed E-state index contributed by atoms with van der Waals surface area (Å²) >= 11 is 0. The van der Waals surface area contributed by atoms with Crippen LogP contribution in [0.5, 0.6) is 5.75 Å². The van der Waals surface area contributed by atoms with Crippen molar-refractivity contribution in [2.45, 2.75) is 62.4 Å². The lowest BCUT2D eigenvalue weighted by Crippen LogP contribution is -2.63. The van der Waals surface area contributed by atoms with Gasteiger partial charge in [-0.15, -0.1) is 0 Å². The lowest BCUT2D eigenvalue weighted by Gasteiger charge is -2.61. The van der Waals surface area contributed by atoms with Crippen LogP contribution in [0.4, 0.5) is 0 Å². The first-order valence-electron chi connectivity index (χ1n) is 7.70. The van der Waals surface area contributed by atoms with Crippen LogP contribution in [0.1, 0.15) is 56.1 Å². The van der Waals surface area contributed by atoms with E-state index in [1.807, 2.05) is 6.07 Å². The third-order valence-corrected chi connectivity index (χ3v) is 6.15. The molecule has 2 heteroatoms. The molecule has 2 fully saturated rings. The predicted octanol–water partition coefficient (Wildman–Crippen LogP) is 3.29. The number of hydrogen-bond donors (Lipinski definition) is 2. The molecule has 19 heavy (non-hydrogen) atoms. The topological polar surface area (TPSA) is 40.5 Å². The van der Waals surface area contributed by atoms with Crippen molar-refractivity contribution in [3.05, 3.63) is 29.3 Å². The van der Waals surface area contributed by atoms with E-state index in [1.165, 1.54) is 30.4 Å². The summed E-state index contributed by atoms with van der Waals surface area (Å²) in [5, 5.41) is 21.3. The number of fused-ring (bicyclic) bond motifs is 1. The van der Waals surface area contributed by atoms with E-state index in [0.29, 0.717) is 11.7 Å². The molecule has 3 atom stereocenters. The minimum absolute atomic E-state index is 0.0690. The van der Waals surface area contributed by atoms with Crippen molar-refractivity contribution in [1.82, 2.24) is 0 Å². The minimum atomic E-state index is -0.510. The van der Waals surface area contributed by atoms with E-state index in [1.54, 1.807) is 6.07 Å². The smallest absolute Gasteiger partial charge is 0.115 e. The first-order chi connectivity index (χ1) is 9.16. The van der Waals surface area contributed by atoms with Crippen molar-refractivity contribution >= 4 is 0 Å². The lowest BCUT2D eigenvalue weighted by molar-refractivity contribution is -0.145. The number of hydrogen-bond acceptors (Lipinski definition) is 2. The average molecular weight is 258 g/mol. The third-order valence-electron chi connectivity index (χ3n) is 6.15. The van der Waals surface area contributed by atoms with Gasteiger partial charge in [-0.25, -0.2) is 0 Å². The van der Waals surface area contributed by atoms with Gasteiger partial charge in [0.25, 0.3) is 0 Å². The standard InChI is InChI=1S/C17H22O2/c18-14-6-5-12-10-13-4-3-8-16(15(12)11-14)7-1-2-9-17(13,16)19/h5-6,11,13,18-19H,1-4,7-10H2/t13-,16+,17-/m1/s1. The second-order valence-electron chi connectivity index (χ2n) is 6.85. The lowest BCUT2D eigenvalue weighted by atomic mass is 9.46. The van der Waals surface area contributed by atoms with Gasteiger partial charge in [0.2, 0.25) is 0 Å². The van der Waals surface area contributed by atoms with E-state index < -0.39 is 5.60 Å². The van der Waals surface area contributed by atoms with Crippen LogP contribution in [0.25, 0.3) is 0 Å². The highest BCUT2D eigenvalue weighted by Crippen LogP contribution is 2.61. The normalized spacial score (nSPS) is 40.4. The van der Waals surface area contributed by atoms with Gasteiger partial charge in [-0.3, -0.25) is 0 Å². The Balaban J connectivity index is 1.97. The van der Waals surface area contributed by atoms with Gasteiger partial charge in [-0.2, -0.15) is 0 Å². The number of aliphatic hydroxyl groups is 1. The molecule has 1 aromatic carbocycles. The second-order valence-corrected chi connectivity index (χ2v) is 6.85. The molecular formula is C17H22O2. The third kappa shape index (κ3) is 1.36. The molecule has 3 aliphatic rings. The number of aromatic hydroxyl groups is 1. The maximum absolute atomic E-state index is 11.4. The van der Waals surface area contributed by atoms with Gasteiger partial charge < -0.3 is 10.2 Å². The van der Waals surface area contributed by atoms with E-state index in [4.69, 9.17) is 0 Å². The number of phenolic OH excluding ortho intramolecular Hbond substituents is 1. The maximum Gasteiger partial charge on any atom is 0.115 e. The molecule has 2 nitrogen and oxygen atoms in total. The van der Waals surface area contributed by atoms with Crippen molar-refractivity contribution in [2.75, 3.05) is 0 Å². The fourth-order valence-corrected chi connectivity index (χ4v) is 5.33. The van der Waals surface area contributed by atoms with Crippen LogP contribution in [0.3, 0.4) is 0 Å². The van der Waals surface area contributed by atoms with Crippen LogP contribution in [0.15, 0.2) is 18.2 Å². The van der Waals surface area contributed by atoms with E-state index in [2.05, 4.69) is 6.07 Å². The Hall–Kier alpha value is -1.02. The molecule has 102 valence electrons. The summed E-state index contributed by atoms with van der Waals surface area (Å²) in [6.07, 6.45) is 8.89. The second kappa shape index (κ2) is 3.76. The van der Waals surface area contributed by atoms with Gasteiger partial charge in [0.15, 0.2) is 0 Å². The van der Waals surface area contributed by atoms with Gasteiger partial charge in [0, 0.05) is 5.41 Å². The quantitative estimate of drug-likeness (QED) is 0.749. The summed E-state index contributed by atoms with van der Waals surface area (Å²) in [7, 11) is 0. The van der Waals surface area contributed by atoms with Crippen molar-refractivity contribution in [1.29, 1.82) is 0 Å². The van der Waals surface area contributed by atoms with Crippen LogP contribution in [0, 0.1) is 5.92 Å². The molecule has 1 aromatic rings. The van der Waals surface area contributed by atoms with Crippen molar-refractivity contribution in [3.63, 3.8) is 0 Å². The Morgan fingerprint density at radius 3 is 2.74 bits per heavy atom. The van der Waals surface area contributed by atoms with Crippen molar-refractivity contribution in [3.8, 4) is 5.75 Å². The van der Waals surface area contributed by atoms with E-state index in [-0.39, 0.29) is 5.41 Å². The largest absolute Gasteiger partial charge is 0.508 e. The molecule has 0 saturated heterocycles. The van der Waals surface area contributed by atoms with Gasteiger partial charge in [0.05, 0.1) is 5.60 Å². The van der Waals surface area contributed by atoms with Crippen molar-refractivity contribution in [2.24, 2.45) is 5.92 Å². The van der Waals surface area contributed by atoms with Crippen LogP contribution in [-0.4, -0.2) is 15.8 Å². The fourth-order valence-electron chi connectivity index (χ4n) is 5.33. The summed E-state index contributed by atoms with van der Waals surface area (Å²) in [6.45, 7) is 0. The molecule has 4 rings (SSSR count). The van der Waals surface area contributed by atoms with Gasteiger partial charge in [-0.1, -0.05) is 25.3 Å². The Kier molecular flexibility index (Phi) is 2.33. The van der Waals surface area contributed by atoms with Gasteiger partial charge >= 0.3 is 0 Å². The highest BCUT2D eigenvalue weighted by atomic mass is 16.3. The first kappa shape index (κ1) is 11.8. The molecule has 0 amide bonds. The molecule has 2 saturated carbocycles. The molecule has 3 aliphatic carbocycles. The summed E-state index contributed by atoms with van der Waals surface area (Å²) in [5.74, 6) is 0.781. The molecule has 2 bridgehead atoms. The molecule has 2 N–H and O–H groups in total. The van der Waals surface area contributed by atoms with E-state index >= 15 is 0 Å². The molecule has 0 aromatic heterocycles. The summed E-state index contributed by atoms with van der Waals surface area (Å²) in [4.78, 5) is 0. The van der Waals surface area contributed by atoms with Crippen LogP contribution in [-0.2, 0) is 11.8 Å². The number of phenols is 1. The Morgan fingerprint density at radius 1 is 1.05 bits per heavy atom. The average Bonchev–Trinajstić information content (AvgIpc) is 2.39. The van der Waals surface area contributed by atoms with Gasteiger partial charge in [-0.05, 0) is 61.3 Å². The molecular weight excluding hydrogens is 236 g/mol. The molecule has 0 spiro atoms. The summed E-state index contributed by atoms with van der Waals surface area (Å²) < 4.78 is 0. The molecule has 0 unspecified atom stereocenters. The summed E-state index contributed by atoms with van der Waals surface area (Å²) in [5.41, 5.74) is 2.05. The SMILES string of the molecule is Oc1ccc2c(c1)[C@@]13CCCC[C@@]1(O)[C@H](CCC3)C2. The predicted molar refractivity (Wildman–Crippen MR) is 74.2 cm³/mol. The maximum atomic E-state index is 11.4. The molecule has 0 heterocycles. The zero-order chi connectivity index (χ0) is 13.1. The monoisotopic (exact) mass is 258 g/mol. The Labute approximate surface area is 114 Å². The number of rotatable bonds is 0. The summed E-state index contributed by atoms with van der Waals surface area (Å²) in [6, 6.07) is 5.82. The van der Waals surface area contributed by atoms with Gasteiger partial charge in [0.1, 0.15) is 5.75 Å². The highest BCUT2D eigenvalue weighted by molar-refractivity contribution is 5.46. The zero-order valence-corrected chi connectivity index (χ0v) is 11.4. The van der Waals surface area contributed by atoms with E-state index in [0.717, 1.165) is 32.1 Å².